The second-order valence-corrected chi connectivity index (χ2v) is 3.40. The van der Waals surface area contributed by atoms with Crippen LogP contribution < -0.4 is 0 Å². The van der Waals surface area contributed by atoms with Crippen molar-refractivity contribution in [2.24, 2.45) is 5.92 Å². The van der Waals surface area contributed by atoms with Crippen LogP contribution >= 0.6 is 0 Å². The van der Waals surface area contributed by atoms with E-state index in [0.29, 0.717) is 18.6 Å². The monoisotopic (exact) mass is 143 g/mol. The molecule has 60 valence electrons. The third-order valence-electron chi connectivity index (χ3n) is 2.52. The molecule has 0 aliphatic heterocycles. The smallest absolute Gasteiger partial charge is 0.0474 e. The van der Waals surface area contributed by atoms with Crippen LogP contribution in [0.1, 0.15) is 19.3 Å². The molecule has 0 saturated heterocycles. The predicted molar refractivity (Wildman–Crippen MR) is 41.9 cm³/mol. The number of aliphatic hydroxyl groups is 1. The van der Waals surface area contributed by atoms with Crippen molar-refractivity contribution in [3.05, 3.63) is 0 Å². The Hall–Kier alpha value is -0.0800. The molecule has 10 heavy (non-hydrogen) atoms. The first-order chi connectivity index (χ1) is 4.75. The molecule has 0 aromatic carbocycles. The average molecular weight is 143 g/mol. The summed E-state index contributed by atoms with van der Waals surface area (Å²) in [7, 11) is 4.19. The summed E-state index contributed by atoms with van der Waals surface area (Å²) in [5, 5.41) is 8.96. The lowest BCUT2D eigenvalue weighted by Crippen LogP contribution is -2.32. The lowest BCUT2D eigenvalue weighted by molar-refractivity contribution is 0.156. The summed E-state index contributed by atoms with van der Waals surface area (Å²) in [6.07, 6.45) is 3.76. The number of hydrogen-bond acceptors (Lipinski definition) is 2. The topological polar surface area (TPSA) is 23.5 Å². The van der Waals surface area contributed by atoms with Gasteiger partial charge in [0.1, 0.15) is 0 Å². The molecule has 1 rings (SSSR count). The third kappa shape index (κ3) is 1.50. The summed E-state index contributed by atoms with van der Waals surface area (Å²) in [5.41, 5.74) is 0. The highest BCUT2D eigenvalue weighted by atomic mass is 16.3. The minimum Gasteiger partial charge on any atom is -0.396 e. The van der Waals surface area contributed by atoms with E-state index in [9.17, 15) is 0 Å². The molecule has 1 N–H and O–H groups in total. The van der Waals surface area contributed by atoms with Crippen molar-refractivity contribution in [2.75, 3.05) is 20.7 Å². The molecule has 0 bridgehead atoms. The van der Waals surface area contributed by atoms with Gasteiger partial charge >= 0.3 is 0 Å². The van der Waals surface area contributed by atoms with Gasteiger partial charge in [-0.1, -0.05) is 6.42 Å². The molecule has 0 amide bonds. The summed E-state index contributed by atoms with van der Waals surface area (Å²) in [6, 6.07) is 0.630. The quantitative estimate of drug-likeness (QED) is 0.615. The number of nitrogens with zero attached hydrogens (tertiary/aromatic N) is 1. The van der Waals surface area contributed by atoms with Gasteiger partial charge < -0.3 is 10.0 Å². The van der Waals surface area contributed by atoms with Gasteiger partial charge in [0.25, 0.3) is 0 Å². The van der Waals surface area contributed by atoms with E-state index in [4.69, 9.17) is 5.11 Å². The fourth-order valence-electron chi connectivity index (χ4n) is 1.91. The molecule has 0 radical (unpaired) electrons. The molecule has 2 unspecified atom stereocenters. The lowest BCUT2D eigenvalue weighted by Gasteiger charge is -2.24. The molecule has 2 heteroatoms. The van der Waals surface area contributed by atoms with E-state index in [1.54, 1.807) is 0 Å². The van der Waals surface area contributed by atoms with Crippen LogP contribution in [0.3, 0.4) is 0 Å². The first kappa shape index (κ1) is 8.02. The highest BCUT2D eigenvalue weighted by Gasteiger charge is 2.27. The van der Waals surface area contributed by atoms with E-state index in [1.165, 1.54) is 19.3 Å². The average Bonchev–Trinajstić information content (AvgIpc) is 2.33. The third-order valence-corrected chi connectivity index (χ3v) is 2.52. The normalized spacial score (nSPS) is 33.6. The van der Waals surface area contributed by atoms with Crippen molar-refractivity contribution in [2.45, 2.75) is 25.3 Å². The minimum atomic E-state index is 0.364. The highest BCUT2D eigenvalue weighted by molar-refractivity contribution is 4.81. The molecule has 2 atom stereocenters. The Morgan fingerprint density at radius 1 is 1.40 bits per heavy atom. The maximum absolute atomic E-state index is 8.96. The summed E-state index contributed by atoms with van der Waals surface area (Å²) in [6.45, 7) is 0.364. The zero-order chi connectivity index (χ0) is 7.56. The molecule has 2 nitrogen and oxygen atoms in total. The van der Waals surface area contributed by atoms with Gasteiger partial charge in [0.2, 0.25) is 0 Å². The second-order valence-electron chi connectivity index (χ2n) is 3.40. The van der Waals surface area contributed by atoms with Crippen LogP contribution in [-0.4, -0.2) is 36.8 Å². The van der Waals surface area contributed by atoms with Gasteiger partial charge in [-0.2, -0.15) is 0 Å². The Bertz CT molecular complexity index is 103. The van der Waals surface area contributed by atoms with Crippen molar-refractivity contribution < 1.29 is 5.11 Å². The van der Waals surface area contributed by atoms with Crippen LogP contribution in [0.2, 0.25) is 0 Å². The SMILES string of the molecule is CN(C)C1CCCC1CO. The molecule has 1 aliphatic carbocycles. The van der Waals surface area contributed by atoms with Crippen LogP contribution in [0.15, 0.2) is 0 Å². The lowest BCUT2D eigenvalue weighted by atomic mass is 10.0. The van der Waals surface area contributed by atoms with Crippen LogP contribution in [0.4, 0.5) is 0 Å². The Labute approximate surface area is 62.8 Å². The van der Waals surface area contributed by atoms with E-state index in [0.717, 1.165) is 0 Å². The van der Waals surface area contributed by atoms with Crippen molar-refractivity contribution in [1.29, 1.82) is 0 Å². The molecule has 0 spiro atoms. The van der Waals surface area contributed by atoms with Crippen LogP contribution in [-0.2, 0) is 0 Å². The molecule has 0 aromatic rings. The fourth-order valence-corrected chi connectivity index (χ4v) is 1.91. The second kappa shape index (κ2) is 3.35. The molecule has 0 aromatic heterocycles. The van der Waals surface area contributed by atoms with Crippen molar-refractivity contribution >= 4 is 0 Å². The van der Waals surface area contributed by atoms with Gasteiger partial charge in [0.15, 0.2) is 0 Å². The minimum absolute atomic E-state index is 0.364. The zero-order valence-corrected chi connectivity index (χ0v) is 6.88. The predicted octanol–water partition coefficient (Wildman–Crippen LogP) is 0.709. The summed E-state index contributed by atoms with van der Waals surface area (Å²) >= 11 is 0. The van der Waals surface area contributed by atoms with Gasteiger partial charge in [0, 0.05) is 12.6 Å². The molecular formula is C8H17NO. The van der Waals surface area contributed by atoms with Crippen LogP contribution in [0, 0.1) is 5.92 Å². The van der Waals surface area contributed by atoms with Gasteiger partial charge in [-0.3, -0.25) is 0 Å². The van der Waals surface area contributed by atoms with Gasteiger partial charge in [-0.15, -0.1) is 0 Å². The highest BCUT2D eigenvalue weighted by Crippen LogP contribution is 2.27. The van der Waals surface area contributed by atoms with Crippen LogP contribution in [0.5, 0.6) is 0 Å². The largest absolute Gasteiger partial charge is 0.396 e. The standard InChI is InChI=1S/C8H17NO/c1-9(2)8-5-3-4-7(8)6-10/h7-8,10H,3-6H2,1-2H3. The fraction of sp³-hybridized carbons (Fsp3) is 1.00. The number of hydrogen-bond donors (Lipinski definition) is 1. The van der Waals surface area contributed by atoms with E-state index < -0.39 is 0 Å². The Kier molecular flexibility index (Phi) is 2.69. The van der Waals surface area contributed by atoms with Crippen LogP contribution in [0.25, 0.3) is 0 Å². The first-order valence-corrected chi connectivity index (χ1v) is 4.03. The Balaban J connectivity index is 2.42. The maximum Gasteiger partial charge on any atom is 0.0474 e. The maximum atomic E-state index is 8.96. The van der Waals surface area contributed by atoms with Gasteiger partial charge in [-0.25, -0.2) is 0 Å². The number of rotatable bonds is 2. The number of aliphatic hydroxyl groups excluding tert-OH is 1. The van der Waals surface area contributed by atoms with E-state index in [-0.39, 0.29) is 0 Å². The summed E-state index contributed by atoms with van der Waals surface area (Å²) in [4.78, 5) is 2.23. The van der Waals surface area contributed by atoms with Crippen molar-refractivity contribution in [3.63, 3.8) is 0 Å². The summed E-state index contributed by atoms with van der Waals surface area (Å²) in [5.74, 6) is 0.537. The van der Waals surface area contributed by atoms with E-state index >= 15 is 0 Å². The summed E-state index contributed by atoms with van der Waals surface area (Å²) < 4.78 is 0. The zero-order valence-electron chi connectivity index (χ0n) is 6.88. The molecular weight excluding hydrogens is 126 g/mol. The molecule has 1 aliphatic rings. The van der Waals surface area contributed by atoms with Gasteiger partial charge in [0.05, 0.1) is 0 Å². The van der Waals surface area contributed by atoms with E-state index in [2.05, 4.69) is 19.0 Å². The van der Waals surface area contributed by atoms with Crippen molar-refractivity contribution in [3.8, 4) is 0 Å². The Morgan fingerprint density at radius 2 is 2.10 bits per heavy atom. The van der Waals surface area contributed by atoms with Crippen molar-refractivity contribution in [1.82, 2.24) is 4.90 Å². The molecule has 1 saturated carbocycles. The first-order valence-electron chi connectivity index (χ1n) is 4.03. The van der Waals surface area contributed by atoms with E-state index in [1.807, 2.05) is 0 Å². The van der Waals surface area contributed by atoms with Gasteiger partial charge in [-0.05, 0) is 32.9 Å². The Morgan fingerprint density at radius 3 is 2.50 bits per heavy atom. The molecule has 0 heterocycles. The molecule has 1 fully saturated rings.